The van der Waals surface area contributed by atoms with E-state index in [9.17, 15) is 0 Å². The maximum absolute atomic E-state index is 4.99. The fourth-order valence-corrected chi connectivity index (χ4v) is 5.22. The van der Waals surface area contributed by atoms with Gasteiger partial charge in [-0.15, -0.1) is 0 Å². The molecule has 3 aromatic rings. The molecule has 3 nitrogen and oxygen atoms in total. The van der Waals surface area contributed by atoms with Gasteiger partial charge in [0.25, 0.3) is 0 Å². The van der Waals surface area contributed by atoms with Crippen LogP contribution in [-0.4, -0.2) is 15.6 Å². The number of thioether (sulfide) groups is 1. The highest BCUT2D eigenvalue weighted by atomic mass is 32.2. The number of hydrogen-bond donors (Lipinski definition) is 1. The van der Waals surface area contributed by atoms with Crippen molar-refractivity contribution in [2.24, 2.45) is 0 Å². The Bertz CT molecular complexity index is 956. The van der Waals surface area contributed by atoms with Gasteiger partial charge in [0.2, 0.25) is 0 Å². The van der Waals surface area contributed by atoms with E-state index in [1.54, 1.807) is 11.8 Å². The molecule has 142 valence electrons. The molecule has 1 aliphatic heterocycles. The minimum atomic E-state index is 0.152. The van der Waals surface area contributed by atoms with E-state index < -0.39 is 0 Å². The molecule has 2 aromatic carbocycles. The molecule has 0 saturated heterocycles. The molecule has 0 radical (unpaired) electrons. The van der Waals surface area contributed by atoms with Crippen LogP contribution in [0.3, 0.4) is 0 Å². The van der Waals surface area contributed by atoms with E-state index in [-0.39, 0.29) is 6.17 Å². The van der Waals surface area contributed by atoms with Gasteiger partial charge in [0, 0.05) is 22.7 Å². The second-order valence-electron chi connectivity index (χ2n) is 7.63. The van der Waals surface area contributed by atoms with E-state index in [1.165, 1.54) is 48.1 Å². The molecular formula is C24H25N3S. The molecule has 1 unspecified atom stereocenters. The second-order valence-corrected chi connectivity index (χ2v) is 8.64. The third-order valence-corrected chi connectivity index (χ3v) is 6.72. The normalized spacial score (nSPS) is 19.9. The standard InChI is InChI=1S/C24H25N3S/c1-4-10-18(11-5-1)21-17-27-23(25-20-14-8-3-9-15-20)16-22(28-24(27)26-21)19-12-6-2-7-13-19/h1-2,4-7,10-13,16-17,20,23,25H,3,8-9,14-15H2. The maximum Gasteiger partial charge on any atom is 0.175 e. The van der Waals surface area contributed by atoms with Crippen molar-refractivity contribution >= 4 is 16.7 Å². The quantitative estimate of drug-likeness (QED) is 0.585. The first-order valence-corrected chi connectivity index (χ1v) is 11.0. The van der Waals surface area contributed by atoms with Gasteiger partial charge in [0.1, 0.15) is 6.17 Å². The highest BCUT2D eigenvalue weighted by Crippen LogP contribution is 2.41. The monoisotopic (exact) mass is 387 g/mol. The van der Waals surface area contributed by atoms with Crippen LogP contribution >= 0.6 is 11.8 Å². The minimum Gasteiger partial charge on any atom is -0.305 e. The lowest BCUT2D eigenvalue weighted by atomic mass is 9.95. The Morgan fingerprint density at radius 2 is 1.54 bits per heavy atom. The molecular weight excluding hydrogens is 362 g/mol. The minimum absolute atomic E-state index is 0.152. The van der Waals surface area contributed by atoms with Crippen LogP contribution in [0.5, 0.6) is 0 Å². The lowest BCUT2D eigenvalue weighted by molar-refractivity contribution is 0.315. The van der Waals surface area contributed by atoms with Gasteiger partial charge in [-0.05, 0) is 24.5 Å². The summed E-state index contributed by atoms with van der Waals surface area (Å²) in [6.07, 6.45) is 11.3. The number of nitrogens with zero attached hydrogens (tertiary/aromatic N) is 2. The summed E-state index contributed by atoms with van der Waals surface area (Å²) in [7, 11) is 0. The van der Waals surface area contributed by atoms with Gasteiger partial charge < -0.3 is 4.57 Å². The summed E-state index contributed by atoms with van der Waals surface area (Å²) in [6.45, 7) is 0. The Labute approximate surface area is 170 Å². The molecule has 0 spiro atoms. The van der Waals surface area contributed by atoms with Crippen molar-refractivity contribution in [2.45, 2.75) is 49.5 Å². The molecule has 1 saturated carbocycles. The predicted octanol–water partition coefficient (Wildman–Crippen LogP) is 6.12. The molecule has 1 aromatic heterocycles. The Hall–Kier alpha value is -2.30. The fourth-order valence-electron chi connectivity index (χ4n) is 4.15. The van der Waals surface area contributed by atoms with Crippen LogP contribution in [0, 0.1) is 0 Å². The molecule has 2 aliphatic rings. The van der Waals surface area contributed by atoms with Gasteiger partial charge in [-0.1, -0.05) is 91.7 Å². The largest absolute Gasteiger partial charge is 0.305 e. The summed E-state index contributed by atoms with van der Waals surface area (Å²) in [6, 6.07) is 21.7. The molecule has 4 heteroatoms. The fraction of sp³-hybridized carbons (Fsp3) is 0.292. The van der Waals surface area contributed by atoms with Crippen molar-refractivity contribution in [3.05, 3.63) is 78.5 Å². The second kappa shape index (κ2) is 7.98. The van der Waals surface area contributed by atoms with Gasteiger partial charge in [0.05, 0.1) is 5.69 Å². The lowest BCUT2D eigenvalue weighted by Crippen LogP contribution is -2.37. The van der Waals surface area contributed by atoms with E-state index in [0.29, 0.717) is 6.04 Å². The number of rotatable bonds is 4. The molecule has 5 rings (SSSR count). The molecule has 28 heavy (non-hydrogen) atoms. The zero-order chi connectivity index (χ0) is 18.8. The van der Waals surface area contributed by atoms with E-state index >= 15 is 0 Å². The maximum atomic E-state index is 4.99. The average Bonchev–Trinajstić information content (AvgIpc) is 3.20. The van der Waals surface area contributed by atoms with Gasteiger partial charge in [0.15, 0.2) is 5.16 Å². The third kappa shape index (κ3) is 3.67. The predicted molar refractivity (Wildman–Crippen MR) is 117 cm³/mol. The highest BCUT2D eigenvalue weighted by Gasteiger charge is 2.26. The first-order chi connectivity index (χ1) is 13.9. The highest BCUT2D eigenvalue weighted by molar-refractivity contribution is 8.08. The molecule has 1 atom stereocenters. The summed E-state index contributed by atoms with van der Waals surface area (Å²) < 4.78 is 2.31. The summed E-state index contributed by atoms with van der Waals surface area (Å²) in [4.78, 5) is 6.27. The molecule has 0 amide bonds. The summed E-state index contributed by atoms with van der Waals surface area (Å²) in [5.41, 5.74) is 3.47. The molecule has 2 heterocycles. The van der Waals surface area contributed by atoms with Crippen LogP contribution in [0.2, 0.25) is 0 Å². The van der Waals surface area contributed by atoms with E-state index in [4.69, 9.17) is 4.98 Å². The Kier molecular flexibility index (Phi) is 5.06. The number of benzene rings is 2. The smallest absolute Gasteiger partial charge is 0.175 e. The molecule has 1 fully saturated rings. The summed E-state index contributed by atoms with van der Waals surface area (Å²) >= 11 is 1.76. The van der Waals surface area contributed by atoms with Crippen LogP contribution in [0.1, 0.15) is 43.8 Å². The van der Waals surface area contributed by atoms with Crippen LogP contribution in [0.15, 0.2) is 78.1 Å². The Morgan fingerprint density at radius 3 is 2.25 bits per heavy atom. The van der Waals surface area contributed by atoms with E-state index in [1.807, 2.05) is 0 Å². The van der Waals surface area contributed by atoms with E-state index in [2.05, 4.69) is 82.8 Å². The number of nitrogens with one attached hydrogen (secondary N) is 1. The van der Waals surface area contributed by atoms with Crippen molar-refractivity contribution in [2.75, 3.05) is 0 Å². The zero-order valence-corrected chi connectivity index (χ0v) is 16.7. The number of imidazole rings is 1. The lowest BCUT2D eigenvalue weighted by Gasteiger charge is -2.31. The van der Waals surface area contributed by atoms with Crippen molar-refractivity contribution in [1.82, 2.24) is 14.9 Å². The SMILES string of the molecule is C1=C(c2ccccc2)Sc2nc(-c3ccccc3)cn2C1NC1CCCCC1. The first kappa shape index (κ1) is 17.8. The summed E-state index contributed by atoms with van der Waals surface area (Å²) in [5.74, 6) is 0. The first-order valence-electron chi connectivity index (χ1n) is 10.2. The third-order valence-electron chi connectivity index (χ3n) is 5.65. The van der Waals surface area contributed by atoms with Crippen LogP contribution < -0.4 is 5.32 Å². The van der Waals surface area contributed by atoms with Crippen molar-refractivity contribution in [1.29, 1.82) is 0 Å². The van der Waals surface area contributed by atoms with Crippen LogP contribution in [-0.2, 0) is 0 Å². The Balaban J connectivity index is 1.50. The number of aromatic nitrogens is 2. The van der Waals surface area contributed by atoms with Crippen LogP contribution in [0.4, 0.5) is 0 Å². The summed E-state index contributed by atoms with van der Waals surface area (Å²) in [5, 5.41) is 4.98. The zero-order valence-electron chi connectivity index (χ0n) is 15.9. The number of hydrogen-bond acceptors (Lipinski definition) is 3. The molecule has 0 bridgehead atoms. The van der Waals surface area contributed by atoms with Gasteiger partial charge in [-0.2, -0.15) is 0 Å². The van der Waals surface area contributed by atoms with Crippen molar-refractivity contribution < 1.29 is 0 Å². The van der Waals surface area contributed by atoms with Gasteiger partial charge in [-0.3, -0.25) is 5.32 Å². The van der Waals surface area contributed by atoms with Crippen molar-refractivity contribution in [3.8, 4) is 11.3 Å². The molecule has 1 N–H and O–H groups in total. The topological polar surface area (TPSA) is 29.9 Å². The Morgan fingerprint density at radius 1 is 0.857 bits per heavy atom. The molecule has 1 aliphatic carbocycles. The van der Waals surface area contributed by atoms with Gasteiger partial charge >= 0.3 is 0 Å². The van der Waals surface area contributed by atoms with Crippen molar-refractivity contribution in [3.63, 3.8) is 0 Å². The van der Waals surface area contributed by atoms with Crippen LogP contribution in [0.25, 0.3) is 16.2 Å². The average molecular weight is 388 g/mol. The van der Waals surface area contributed by atoms with E-state index in [0.717, 1.165) is 10.9 Å². The number of fused-ring (bicyclic) bond motifs is 1. The van der Waals surface area contributed by atoms with Gasteiger partial charge in [-0.25, -0.2) is 4.98 Å².